The molecule has 25 heavy (non-hydrogen) atoms. The number of halogens is 1. The summed E-state index contributed by atoms with van der Waals surface area (Å²) in [5.74, 6) is 0.462. The second-order valence-electron chi connectivity index (χ2n) is 7.74. The van der Waals surface area contributed by atoms with Crippen LogP contribution in [0.25, 0.3) is 11.0 Å². The first kappa shape index (κ1) is 17.9. The first-order valence-corrected chi connectivity index (χ1v) is 9.00. The van der Waals surface area contributed by atoms with E-state index in [9.17, 15) is 9.90 Å². The third-order valence-corrected chi connectivity index (χ3v) is 5.07. The van der Waals surface area contributed by atoms with Crippen LogP contribution in [-0.2, 0) is 6.54 Å². The molecule has 0 aliphatic heterocycles. The Kier molecular flexibility index (Phi) is 4.86. The lowest BCUT2D eigenvalue weighted by molar-refractivity contribution is 0.0489. The van der Waals surface area contributed by atoms with Gasteiger partial charge in [-0.15, -0.1) is 0 Å². The fraction of sp³-hybridized carbons (Fsp3) is 0.647. The molecule has 0 atom stereocenters. The SMILES string of the molecule is CC(C)(C)N(C(=O)O)[C@H]1CC[C@H](Cn2ncc3cnc(Cl)nc32)CC1. The number of hydrogen-bond acceptors (Lipinski definition) is 4. The van der Waals surface area contributed by atoms with E-state index >= 15 is 0 Å². The van der Waals surface area contributed by atoms with E-state index in [4.69, 9.17) is 11.6 Å². The molecule has 0 aromatic carbocycles. The van der Waals surface area contributed by atoms with Crippen molar-refractivity contribution in [1.29, 1.82) is 0 Å². The van der Waals surface area contributed by atoms with Gasteiger partial charge in [-0.3, -0.25) is 0 Å². The van der Waals surface area contributed by atoms with Crippen LogP contribution < -0.4 is 0 Å². The van der Waals surface area contributed by atoms with Crippen molar-refractivity contribution in [3.05, 3.63) is 17.7 Å². The number of hydrogen-bond donors (Lipinski definition) is 1. The Morgan fingerprint density at radius 1 is 1.32 bits per heavy atom. The van der Waals surface area contributed by atoms with Crippen LogP contribution in [0.4, 0.5) is 4.79 Å². The van der Waals surface area contributed by atoms with Crippen molar-refractivity contribution >= 4 is 28.7 Å². The normalized spacial score (nSPS) is 21.4. The van der Waals surface area contributed by atoms with Gasteiger partial charge in [0.15, 0.2) is 5.65 Å². The van der Waals surface area contributed by atoms with Crippen LogP contribution in [-0.4, -0.2) is 47.4 Å². The number of carbonyl (C=O) groups is 1. The van der Waals surface area contributed by atoms with E-state index in [2.05, 4.69) is 15.1 Å². The Hall–Kier alpha value is -1.89. The van der Waals surface area contributed by atoms with Gasteiger partial charge in [0.05, 0.1) is 11.6 Å². The Labute approximate surface area is 152 Å². The lowest BCUT2D eigenvalue weighted by Gasteiger charge is -2.42. The Morgan fingerprint density at radius 3 is 2.60 bits per heavy atom. The summed E-state index contributed by atoms with van der Waals surface area (Å²) in [5, 5.41) is 15.1. The van der Waals surface area contributed by atoms with Gasteiger partial charge in [-0.2, -0.15) is 10.1 Å². The fourth-order valence-electron chi connectivity index (χ4n) is 3.80. The van der Waals surface area contributed by atoms with Gasteiger partial charge in [-0.25, -0.2) is 14.5 Å². The molecule has 1 N–H and O–H groups in total. The zero-order valence-electron chi connectivity index (χ0n) is 14.8. The highest BCUT2D eigenvalue weighted by atomic mass is 35.5. The van der Waals surface area contributed by atoms with Crippen molar-refractivity contribution in [3.63, 3.8) is 0 Å². The maximum Gasteiger partial charge on any atom is 0.407 e. The molecule has 8 heteroatoms. The maximum absolute atomic E-state index is 11.6. The summed E-state index contributed by atoms with van der Waals surface area (Å²) in [5.41, 5.74) is 0.374. The molecular formula is C17H24ClN5O2. The number of aromatic nitrogens is 4. The maximum atomic E-state index is 11.6. The van der Waals surface area contributed by atoms with Gasteiger partial charge in [0.25, 0.3) is 0 Å². The molecule has 2 aromatic rings. The minimum absolute atomic E-state index is 0.0832. The predicted molar refractivity (Wildman–Crippen MR) is 95.7 cm³/mol. The highest BCUT2D eigenvalue weighted by molar-refractivity contribution is 6.28. The molecule has 1 aliphatic rings. The number of rotatable bonds is 3. The Balaban J connectivity index is 1.66. The minimum atomic E-state index is -0.833. The topological polar surface area (TPSA) is 84.1 Å². The monoisotopic (exact) mass is 365 g/mol. The Bertz CT molecular complexity index is 762. The van der Waals surface area contributed by atoms with Gasteiger partial charge in [0.1, 0.15) is 0 Å². The predicted octanol–water partition coefficient (Wildman–Crippen LogP) is 3.82. The molecule has 136 valence electrons. The van der Waals surface area contributed by atoms with Crippen molar-refractivity contribution in [2.24, 2.45) is 5.92 Å². The van der Waals surface area contributed by atoms with Crippen LogP contribution in [0, 0.1) is 5.92 Å². The quantitative estimate of drug-likeness (QED) is 0.836. The summed E-state index contributed by atoms with van der Waals surface area (Å²) < 4.78 is 1.88. The highest BCUT2D eigenvalue weighted by Crippen LogP contribution is 2.32. The van der Waals surface area contributed by atoms with E-state index in [1.165, 1.54) is 0 Å². The first-order valence-electron chi connectivity index (χ1n) is 8.62. The lowest BCUT2D eigenvalue weighted by Crippen LogP contribution is -2.52. The zero-order chi connectivity index (χ0) is 18.2. The van der Waals surface area contributed by atoms with E-state index in [0.29, 0.717) is 5.92 Å². The molecule has 0 radical (unpaired) electrons. The van der Waals surface area contributed by atoms with Crippen LogP contribution in [0.5, 0.6) is 0 Å². The molecule has 3 rings (SSSR count). The number of nitrogens with zero attached hydrogens (tertiary/aromatic N) is 5. The Morgan fingerprint density at radius 2 is 2.00 bits per heavy atom. The van der Waals surface area contributed by atoms with Gasteiger partial charge < -0.3 is 10.0 Å². The average Bonchev–Trinajstić information content (AvgIpc) is 2.90. The van der Waals surface area contributed by atoms with Gasteiger partial charge in [-0.05, 0) is 64.0 Å². The standard InChI is InChI=1S/C17H24ClN5O2/c1-17(2,3)23(16(24)25)13-6-4-11(5-7-13)10-22-14-12(9-20-22)8-19-15(18)21-14/h8-9,11,13H,4-7,10H2,1-3H3,(H,24,25)/t11-,13-. The number of carboxylic acid groups (broad SMARTS) is 1. The molecular weight excluding hydrogens is 342 g/mol. The largest absolute Gasteiger partial charge is 0.465 e. The molecule has 0 unspecified atom stereocenters. The fourth-order valence-corrected chi connectivity index (χ4v) is 3.93. The molecule has 1 amide bonds. The summed E-state index contributed by atoms with van der Waals surface area (Å²) >= 11 is 5.89. The number of fused-ring (bicyclic) bond motifs is 1. The molecule has 0 saturated heterocycles. The van der Waals surface area contributed by atoms with Crippen LogP contribution in [0.2, 0.25) is 5.28 Å². The summed E-state index contributed by atoms with van der Waals surface area (Å²) in [4.78, 5) is 21.5. The third kappa shape index (κ3) is 3.86. The van der Waals surface area contributed by atoms with Crippen LogP contribution >= 0.6 is 11.6 Å². The van der Waals surface area contributed by atoms with Crippen molar-refractivity contribution in [3.8, 4) is 0 Å². The van der Waals surface area contributed by atoms with Gasteiger partial charge in [-0.1, -0.05) is 0 Å². The smallest absolute Gasteiger partial charge is 0.407 e. The van der Waals surface area contributed by atoms with Gasteiger partial charge >= 0.3 is 6.09 Å². The molecule has 0 bridgehead atoms. The molecule has 2 aromatic heterocycles. The summed E-state index contributed by atoms with van der Waals surface area (Å²) in [6.45, 7) is 6.62. The highest BCUT2D eigenvalue weighted by Gasteiger charge is 2.35. The number of amides is 1. The van der Waals surface area contributed by atoms with E-state index in [-0.39, 0.29) is 16.9 Å². The summed E-state index contributed by atoms with van der Waals surface area (Å²) in [7, 11) is 0. The van der Waals surface area contributed by atoms with Crippen molar-refractivity contribution in [2.75, 3.05) is 0 Å². The lowest BCUT2D eigenvalue weighted by atomic mass is 9.84. The second kappa shape index (κ2) is 6.78. The molecule has 2 heterocycles. The van der Waals surface area contributed by atoms with E-state index in [1.807, 2.05) is 25.5 Å². The summed E-state index contributed by atoms with van der Waals surface area (Å²) in [6.07, 6.45) is 6.31. The average molecular weight is 366 g/mol. The van der Waals surface area contributed by atoms with Crippen LogP contribution in [0.3, 0.4) is 0 Å². The molecule has 0 spiro atoms. The third-order valence-electron chi connectivity index (χ3n) is 4.89. The molecule has 1 aliphatic carbocycles. The van der Waals surface area contributed by atoms with E-state index in [0.717, 1.165) is 43.3 Å². The molecule has 1 fully saturated rings. The second-order valence-corrected chi connectivity index (χ2v) is 8.08. The van der Waals surface area contributed by atoms with Gasteiger partial charge in [0.2, 0.25) is 5.28 Å². The summed E-state index contributed by atoms with van der Waals surface area (Å²) in [6, 6.07) is 0.0832. The van der Waals surface area contributed by atoms with Crippen molar-refractivity contribution in [2.45, 2.75) is 64.6 Å². The minimum Gasteiger partial charge on any atom is -0.465 e. The van der Waals surface area contributed by atoms with Crippen LogP contribution in [0.1, 0.15) is 46.5 Å². The van der Waals surface area contributed by atoms with E-state index in [1.54, 1.807) is 17.3 Å². The van der Waals surface area contributed by atoms with Gasteiger partial charge in [0, 0.05) is 24.3 Å². The van der Waals surface area contributed by atoms with Crippen molar-refractivity contribution < 1.29 is 9.90 Å². The van der Waals surface area contributed by atoms with Crippen molar-refractivity contribution in [1.82, 2.24) is 24.6 Å². The van der Waals surface area contributed by atoms with Crippen LogP contribution in [0.15, 0.2) is 12.4 Å². The van der Waals surface area contributed by atoms with E-state index < -0.39 is 6.09 Å². The molecule has 7 nitrogen and oxygen atoms in total. The first-order chi connectivity index (χ1) is 11.8. The molecule has 1 saturated carbocycles. The zero-order valence-corrected chi connectivity index (χ0v) is 15.6.